The van der Waals surface area contributed by atoms with Crippen molar-refractivity contribution >= 4 is 28.5 Å². The Balaban J connectivity index is 1.48. The molecule has 4 aromatic carbocycles. The molecular formula is C34H26N2O5. The van der Waals surface area contributed by atoms with Gasteiger partial charge in [0, 0.05) is 12.1 Å². The minimum absolute atomic E-state index is 0.0684. The van der Waals surface area contributed by atoms with Crippen molar-refractivity contribution in [2.75, 3.05) is 12.0 Å². The minimum atomic E-state index is -1.68. The number of hydrogen-bond donors (Lipinski definition) is 0. The summed E-state index contributed by atoms with van der Waals surface area (Å²) >= 11 is 0. The van der Waals surface area contributed by atoms with Crippen LogP contribution in [0, 0.1) is 6.92 Å². The molecule has 1 unspecified atom stereocenters. The topological polar surface area (TPSA) is 80.1 Å². The Morgan fingerprint density at radius 3 is 2.34 bits per heavy atom. The quantitative estimate of drug-likeness (QED) is 0.291. The minimum Gasteiger partial charge on any atom is -0.497 e. The number of benzene rings is 4. The second-order valence-corrected chi connectivity index (χ2v) is 10.5. The maximum absolute atomic E-state index is 14.9. The Morgan fingerprint density at radius 1 is 0.805 bits per heavy atom. The number of rotatable bonds is 5. The molecule has 7 heteroatoms. The number of fused-ring (bicyclic) bond motifs is 5. The fraction of sp³-hybridized carbons (Fsp3) is 0.147. The maximum atomic E-state index is 14.9. The van der Waals surface area contributed by atoms with Crippen LogP contribution in [0.15, 0.2) is 106 Å². The van der Waals surface area contributed by atoms with Gasteiger partial charge in [0.05, 0.1) is 30.3 Å². The van der Waals surface area contributed by atoms with Gasteiger partial charge in [0.25, 0.3) is 11.8 Å². The summed E-state index contributed by atoms with van der Waals surface area (Å²) in [6, 6.07) is 29.5. The first-order valence-electron chi connectivity index (χ1n) is 13.4. The number of anilines is 1. The van der Waals surface area contributed by atoms with Crippen LogP contribution in [0.2, 0.25) is 0 Å². The number of carbonyl (C=O) groups excluding carboxylic acids is 2. The lowest BCUT2D eigenvalue weighted by Gasteiger charge is -2.34. The van der Waals surface area contributed by atoms with Gasteiger partial charge in [0.1, 0.15) is 11.3 Å². The summed E-state index contributed by atoms with van der Waals surface area (Å²) in [4.78, 5) is 46.6. The van der Waals surface area contributed by atoms with E-state index in [-0.39, 0.29) is 35.7 Å². The van der Waals surface area contributed by atoms with E-state index in [4.69, 9.17) is 9.15 Å². The molecule has 5 aromatic rings. The maximum Gasteiger partial charge on any atom is 0.291 e. The lowest BCUT2D eigenvalue weighted by molar-refractivity contribution is -0.126. The fourth-order valence-corrected chi connectivity index (χ4v) is 6.22. The van der Waals surface area contributed by atoms with Crippen molar-refractivity contribution in [2.45, 2.75) is 25.6 Å². The Morgan fingerprint density at radius 2 is 1.56 bits per heavy atom. The van der Waals surface area contributed by atoms with E-state index in [0.717, 1.165) is 16.7 Å². The molecule has 0 fully saturated rings. The van der Waals surface area contributed by atoms with Crippen molar-refractivity contribution in [3.05, 3.63) is 141 Å². The van der Waals surface area contributed by atoms with Gasteiger partial charge in [0.2, 0.25) is 5.76 Å². The molecule has 202 valence electrons. The number of methoxy groups -OCH3 is 1. The van der Waals surface area contributed by atoms with Crippen LogP contribution >= 0.6 is 0 Å². The molecule has 0 saturated carbocycles. The van der Waals surface area contributed by atoms with E-state index in [1.54, 1.807) is 36.3 Å². The zero-order chi connectivity index (χ0) is 28.3. The molecule has 0 bridgehead atoms. The fourth-order valence-electron chi connectivity index (χ4n) is 6.22. The van der Waals surface area contributed by atoms with E-state index in [0.29, 0.717) is 28.0 Å². The SMILES string of the molecule is COc1ccc(CN2C(=O)c3oc4ccccc4c(=O)c3C23C(=O)N(Cc2cccc(C)c2)c2ccccc23)cc1. The average molecular weight is 543 g/mol. The lowest BCUT2D eigenvalue weighted by atomic mass is 9.83. The highest BCUT2D eigenvalue weighted by Gasteiger charge is 2.64. The summed E-state index contributed by atoms with van der Waals surface area (Å²) in [5, 5.41) is 0.326. The number of amides is 2. The predicted octanol–water partition coefficient (Wildman–Crippen LogP) is 5.56. The standard InChI is InChI=1S/C34H26N2O5/c1-21-8-7-9-23(18-21)19-35-27-12-5-4-11-26(27)34(33(35)39)29-30(37)25-10-3-6-13-28(25)41-31(29)32(38)36(34)20-22-14-16-24(40-2)17-15-22/h3-18H,19-20H2,1-2H3. The highest BCUT2D eigenvalue weighted by Crippen LogP contribution is 2.53. The average Bonchev–Trinajstić information content (AvgIpc) is 3.38. The molecule has 2 amide bonds. The summed E-state index contributed by atoms with van der Waals surface area (Å²) < 4.78 is 11.4. The second-order valence-electron chi connectivity index (χ2n) is 10.5. The van der Waals surface area contributed by atoms with Crippen LogP contribution in [0.5, 0.6) is 5.75 Å². The highest BCUT2D eigenvalue weighted by atomic mass is 16.5. The zero-order valence-electron chi connectivity index (χ0n) is 22.6. The summed E-state index contributed by atoms with van der Waals surface area (Å²) in [5.74, 6) is -0.278. The van der Waals surface area contributed by atoms with Crippen molar-refractivity contribution < 1.29 is 18.7 Å². The normalized spacial score (nSPS) is 17.4. The molecule has 3 heterocycles. The first-order valence-corrected chi connectivity index (χ1v) is 13.4. The Labute approximate surface area is 236 Å². The van der Waals surface area contributed by atoms with E-state index in [2.05, 4.69) is 0 Å². The molecule has 1 atom stereocenters. The third kappa shape index (κ3) is 3.55. The highest BCUT2D eigenvalue weighted by molar-refractivity contribution is 6.17. The van der Waals surface area contributed by atoms with E-state index in [1.807, 2.05) is 79.7 Å². The number of nitrogens with zero attached hydrogens (tertiary/aromatic N) is 2. The second kappa shape index (κ2) is 9.20. The molecule has 7 nitrogen and oxygen atoms in total. The van der Waals surface area contributed by atoms with Crippen LogP contribution < -0.4 is 15.1 Å². The van der Waals surface area contributed by atoms with Crippen molar-refractivity contribution in [2.24, 2.45) is 0 Å². The van der Waals surface area contributed by atoms with Crippen molar-refractivity contribution in [1.29, 1.82) is 0 Å². The van der Waals surface area contributed by atoms with Gasteiger partial charge >= 0.3 is 0 Å². The van der Waals surface area contributed by atoms with Crippen LogP contribution in [0.1, 0.15) is 38.4 Å². The van der Waals surface area contributed by atoms with Gasteiger partial charge in [-0.25, -0.2) is 0 Å². The molecule has 1 aromatic heterocycles. The van der Waals surface area contributed by atoms with E-state index < -0.39 is 11.4 Å². The third-order valence-corrected chi connectivity index (χ3v) is 8.07. The molecule has 0 saturated heterocycles. The van der Waals surface area contributed by atoms with Crippen LogP contribution in [0.25, 0.3) is 11.0 Å². The van der Waals surface area contributed by atoms with Crippen LogP contribution in [0.3, 0.4) is 0 Å². The number of carbonyl (C=O) groups is 2. The number of ether oxygens (including phenoxy) is 1. The van der Waals surface area contributed by atoms with Crippen molar-refractivity contribution in [1.82, 2.24) is 4.90 Å². The first kappa shape index (κ1) is 24.8. The van der Waals surface area contributed by atoms with E-state index in [1.165, 1.54) is 4.90 Å². The summed E-state index contributed by atoms with van der Waals surface area (Å²) in [6.07, 6.45) is 0. The largest absolute Gasteiger partial charge is 0.497 e. The molecule has 2 aliphatic heterocycles. The molecule has 2 aliphatic rings. The Hall–Kier alpha value is -5.17. The summed E-state index contributed by atoms with van der Waals surface area (Å²) in [5.41, 5.74) is 2.36. The predicted molar refractivity (Wildman–Crippen MR) is 155 cm³/mol. The number of para-hydroxylation sites is 2. The molecule has 0 radical (unpaired) electrons. The van der Waals surface area contributed by atoms with Gasteiger partial charge in [-0.2, -0.15) is 0 Å². The van der Waals surface area contributed by atoms with Crippen LogP contribution in [-0.4, -0.2) is 23.8 Å². The molecule has 1 spiro atoms. The monoisotopic (exact) mass is 542 g/mol. The van der Waals surface area contributed by atoms with Gasteiger partial charge in [0.15, 0.2) is 11.0 Å². The Bertz CT molecular complexity index is 1930. The molecular weight excluding hydrogens is 516 g/mol. The van der Waals surface area contributed by atoms with E-state index in [9.17, 15) is 14.4 Å². The lowest BCUT2D eigenvalue weighted by Crippen LogP contribution is -2.52. The van der Waals surface area contributed by atoms with Gasteiger partial charge < -0.3 is 19.0 Å². The van der Waals surface area contributed by atoms with Gasteiger partial charge in [-0.1, -0.05) is 72.3 Å². The zero-order valence-corrected chi connectivity index (χ0v) is 22.6. The third-order valence-electron chi connectivity index (χ3n) is 8.07. The molecule has 0 N–H and O–H groups in total. The van der Waals surface area contributed by atoms with Crippen LogP contribution in [0.4, 0.5) is 5.69 Å². The Kier molecular flexibility index (Phi) is 5.57. The first-order chi connectivity index (χ1) is 19.9. The molecule has 7 rings (SSSR count). The molecule has 41 heavy (non-hydrogen) atoms. The van der Waals surface area contributed by atoms with Gasteiger partial charge in [-0.3, -0.25) is 14.4 Å². The number of aryl methyl sites for hydroxylation is 1. The van der Waals surface area contributed by atoms with Crippen LogP contribution in [-0.2, 0) is 23.4 Å². The van der Waals surface area contributed by atoms with Crippen molar-refractivity contribution in [3.8, 4) is 5.75 Å². The molecule has 0 aliphatic carbocycles. The smallest absolute Gasteiger partial charge is 0.291 e. The van der Waals surface area contributed by atoms with E-state index >= 15 is 0 Å². The number of hydrogen-bond acceptors (Lipinski definition) is 5. The summed E-state index contributed by atoms with van der Waals surface area (Å²) in [7, 11) is 1.59. The van der Waals surface area contributed by atoms with Gasteiger partial charge in [-0.05, 0) is 48.4 Å². The summed E-state index contributed by atoms with van der Waals surface area (Å²) in [6.45, 7) is 2.38. The van der Waals surface area contributed by atoms with Gasteiger partial charge in [-0.15, -0.1) is 0 Å². The van der Waals surface area contributed by atoms with Crippen molar-refractivity contribution in [3.63, 3.8) is 0 Å².